The summed E-state index contributed by atoms with van der Waals surface area (Å²) in [6.45, 7) is 2.01. The number of thiazole rings is 1. The van der Waals surface area contributed by atoms with Gasteiger partial charge in [0.25, 0.3) is 5.91 Å². The molecule has 7 nitrogen and oxygen atoms in total. The summed E-state index contributed by atoms with van der Waals surface area (Å²) in [4.78, 5) is 20.9. The maximum Gasteiger partial charge on any atom is 0.271 e. The SMILES string of the molecule is CC[C@H](NC(=O)c1csc(-c2ncn[nH]2)n1)c1ccccc1OC. The van der Waals surface area contributed by atoms with Crippen LogP contribution in [-0.2, 0) is 0 Å². The van der Waals surface area contributed by atoms with E-state index in [0.29, 0.717) is 16.5 Å². The minimum Gasteiger partial charge on any atom is -0.496 e. The zero-order valence-electron chi connectivity index (χ0n) is 13.3. The number of benzene rings is 1. The number of rotatable bonds is 6. The average molecular weight is 343 g/mol. The number of para-hydroxylation sites is 1. The van der Waals surface area contributed by atoms with Crippen molar-refractivity contribution in [2.45, 2.75) is 19.4 Å². The molecule has 1 amide bonds. The van der Waals surface area contributed by atoms with Crippen LogP contribution in [0.3, 0.4) is 0 Å². The molecule has 0 spiro atoms. The number of H-pyrrole nitrogens is 1. The van der Waals surface area contributed by atoms with Crippen molar-refractivity contribution < 1.29 is 9.53 Å². The van der Waals surface area contributed by atoms with E-state index >= 15 is 0 Å². The minimum atomic E-state index is -0.227. The lowest BCUT2D eigenvalue weighted by atomic mass is 10.0. The largest absolute Gasteiger partial charge is 0.496 e. The maximum absolute atomic E-state index is 12.5. The molecule has 3 rings (SSSR count). The van der Waals surface area contributed by atoms with E-state index in [4.69, 9.17) is 4.74 Å². The van der Waals surface area contributed by atoms with Gasteiger partial charge in [0.15, 0.2) is 10.8 Å². The predicted molar refractivity (Wildman–Crippen MR) is 91.0 cm³/mol. The van der Waals surface area contributed by atoms with Gasteiger partial charge < -0.3 is 10.1 Å². The average Bonchev–Trinajstić information content (AvgIpc) is 3.30. The number of hydrogen-bond acceptors (Lipinski definition) is 6. The summed E-state index contributed by atoms with van der Waals surface area (Å²) in [6.07, 6.45) is 2.15. The van der Waals surface area contributed by atoms with E-state index in [1.54, 1.807) is 12.5 Å². The number of aromatic amines is 1. The van der Waals surface area contributed by atoms with Gasteiger partial charge in [-0.05, 0) is 12.5 Å². The number of carbonyl (C=O) groups is 1. The number of nitrogens with one attached hydrogen (secondary N) is 2. The predicted octanol–water partition coefficient (Wildman–Crippen LogP) is 2.82. The van der Waals surface area contributed by atoms with Crippen LogP contribution >= 0.6 is 11.3 Å². The Hall–Kier alpha value is -2.74. The van der Waals surface area contributed by atoms with Gasteiger partial charge in [-0.1, -0.05) is 25.1 Å². The first-order chi connectivity index (χ1) is 11.7. The lowest BCUT2D eigenvalue weighted by Gasteiger charge is -2.19. The van der Waals surface area contributed by atoms with Crippen LogP contribution in [0.25, 0.3) is 10.8 Å². The van der Waals surface area contributed by atoms with Gasteiger partial charge in [0.2, 0.25) is 0 Å². The summed E-state index contributed by atoms with van der Waals surface area (Å²) in [6, 6.07) is 7.52. The van der Waals surface area contributed by atoms with Crippen LogP contribution in [0.1, 0.15) is 35.4 Å². The molecule has 0 unspecified atom stereocenters. The Kier molecular flexibility index (Phi) is 4.85. The number of amides is 1. The van der Waals surface area contributed by atoms with Crippen molar-refractivity contribution in [1.82, 2.24) is 25.5 Å². The summed E-state index contributed by atoms with van der Waals surface area (Å²) in [5.74, 6) is 1.08. The first-order valence-electron chi connectivity index (χ1n) is 7.48. The van der Waals surface area contributed by atoms with Crippen molar-refractivity contribution in [2.24, 2.45) is 0 Å². The summed E-state index contributed by atoms with van der Waals surface area (Å²) in [5, 5.41) is 11.9. The summed E-state index contributed by atoms with van der Waals surface area (Å²) < 4.78 is 5.38. The minimum absolute atomic E-state index is 0.149. The van der Waals surface area contributed by atoms with Crippen LogP contribution in [0.5, 0.6) is 5.75 Å². The molecule has 2 N–H and O–H groups in total. The van der Waals surface area contributed by atoms with Gasteiger partial charge in [-0.3, -0.25) is 9.89 Å². The van der Waals surface area contributed by atoms with Crippen LogP contribution in [0.4, 0.5) is 0 Å². The van der Waals surface area contributed by atoms with Crippen molar-refractivity contribution in [3.63, 3.8) is 0 Å². The van der Waals surface area contributed by atoms with Gasteiger partial charge in [-0.2, -0.15) is 5.10 Å². The van der Waals surface area contributed by atoms with Gasteiger partial charge in [-0.25, -0.2) is 9.97 Å². The Morgan fingerprint density at radius 3 is 2.96 bits per heavy atom. The van der Waals surface area contributed by atoms with Gasteiger partial charge in [-0.15, -0.1) is 11.3 Å². The van der Waals surface area contributed by atoms with E-state index < -0.39 is 0 Å². The highest BCUT2D eigenvalue weighted by Crippen LogP contribution is 2.27. The van der Waals surface area contributed by atoms with Crippen molar-refractivity contribution in [2.75, 3.05) is 7.11 Å². The second-order valence-corrected chi connectivity index (χ2v) is 5.91. The molecule has 0 saturated carbocycles. The van der Waals surface area contributed by atoms with Crippen molar-refractivity contribution >= 4 is 17.2 Å². The van der Waals surface area contributed by atoms with Gasteiger partial charge in [0.05, 0.1) is 13.2 Å². The molecule has 8 heteroatoms. The molecule has 0 aliphatic rings. The second kappa shape index (κ2) is 7.22. The van der Waals surface area contributed by atoms with Crippen molar-refractivity contribution in [3.8, 4) is 16.6 Å². The number of nitrogens with zero attached hydrogens (tertiary/aromatic N) is 3. The van der Waals surface area contributed by atoms with Crippen LogP contribution in [0, 0.1) is 0 Å². The topological polar surface area (TPSA) is 92.8 Å². The molecule has 0 fully saturated rings. The standard InChI is InChI=1S/C16H17N5O2S/c1-3-11(10-6-4-5-7-13(10)23-2)19-15(22)12-8-24-16(20-12)14-17-9-18-21-14/h4-9,11H,3H2,1-2H3,(H,19,22)(H,17,18,21)/t11-/m0/s1. The molecule has 3 aromatic rings. The Bertz CT molecular complexity index is 816. The zero-order valence-corrected chi connectivity index (χ0v) is 14.1. The molecule has 1 atom stereocenters. The number of ether oxygens (including phenoxy) is 1. The molecule has 0 bridgehead atoms. The third-order valence-corrected chi connectivity index (χ3v) is 4.43. The third kappa shape index (κ3) is 3.28. The fraction of sp³-hybridized carbons (Fsp3) is 0.250. The normalized spacial score (nSPS) is 11.9. The van der Waals surface area contributed by atoms with E-state index in [-0.39, 0.29) is 11.9 Å². The van der Waals surface area contributed by atoms with Gasteiger partial charge >= 0.3 is 0 Å². The molecule has 0 radical (unpaired) electrons. The van der Waals surface area contributed by atoms with Crippen molar-refractivity contribution in [3.05, 3.63) is 47.2 Å². The molecule has 124 valence electrons. The number of hydrogen-bond donors (Lipinski definition) is 2. The summed E-state index contributed by atoms with van der Waals surface area (Å²) in [7, 11) is 1.62. The van der Waals surface area contributed by atoms with E-state index in [1.165, 1.54) is 17.7 Å². The smallest absolute Gasteiger partial charge is 0.271 e. The fourth-order valence-corrected chi connectivity index (χ4v) is 3.13. The van der Waals surface area contributed by atoms with Crippen LogP contribution < -0.4 is 10.1 Å². The highest BCUT2D eigenvalue weighted by Gasteiger charge is 2.19. The summed E-state index contributed by atoms with van der Waals surface area (Å²) in [5.41, 5.74) is 1.31. The van der Waals surface area contributed by atoms with E-state index in [9.17, 15) is 4.79 Å². The zero-order chi connectivity index (χ0) is 16.9. The molecule has 0 aliphatic heterocycles. The monoisotopic (exact) mass is 343 g/mol. The molecule has 0 saturated heterocycles. The second-order valence-electron chi connectivity index (χ2n) is 5.05. The molecular formula is C16H17N5O2S. The Balaban J connectivity index is 1.78. The van der Waals surface area contributed by atoms with Crippen molar-refractivity contribution in [1.29, 1.82) is 0 Å². The number of methoxy groups -OCH3 is 1. The highest BCUT2D eigenvalue weighted by molar-refractivity contribution is 7.13. The van der Waals surface area contributed by atoms with Crippen LogP contribution in [-0.4, -0.2) is 33.2 Å². The van der Waals surface area contributed by atoms with E-state index in [1.807, 2.05) is 31.2 Å². The Labute approximate surface area is 143 Å². The molecule has 1 aromatic carbocycles. The lowest BCUT2D eigenvalue weighted by molar-refractivity contribution is 0.0931. The Morgan fingerprint density at radius 2 is 2.25 bits per heavy atom. The molecule has 2 heterocycles. The quantitative estimate of drug-likeness (QED) is 0.718. The fourth-order valence-electron chi connectivity index (χ4n) is 2.38. The maximum atomic E-state index is 12.5. The van der Waals surface area contributed by atoms with E-state index in [2.05, 4.69) is 25.5 Å². The summed E-state index contributed by atoms with van der Waals surface area (Å²) >= 11 is 1.34. The van der Waals surface area contributed by atoms with E-state index in [0.717, 1.165) is 17.7 Å². The molecule has 0 aliphatic carbocycles. The highest BCUT2D eigenvalue weighted by atomic mass is 32.1. The van der Waals surface area contributed by atoms with Crippen LogP contribution in [0.2, 0.25) is 0 Å². The van der Waals surface area contributed by atoms with Crippen LogP contribution in [0.15, 0.2) is 36.0 Å². The third-order valence-electron chi connectivity index (χ3n) is 3.58. The Morgan fingerprint density at radius 1 is 1.42 bits per heavy atom. The van der Waals surface area contributed by atoms with Gasteiger partial charge in [0, 0.05) is 10.9 Å². The molecule has 24 heavy (non-hydrogen) atoms. The lowest BCUT2D eigenvalue weighted by Crippen LogP contribution is -2.28. The number of aromatic nitrogens is 4. The number of carbonyl (C=O) groups excluding carboxylic acids is 1. The van der Waals surface area contributed by atoms with Gasteiger partial charge in [0.1, 0.15) is 17.8 Å². The first-order valence-corrected chi connectivity index (χ1v) is 8.36. The molecule has 2 aromatic heterocycles. The molecular weight excluding hydrogens is 326 g/mol. The first kappa shape index (κ1) is 16.1.